The van der Waals surface area contributed by atoms with Gasteiger partial charge < -0.3 is 5.11 Å². The van der Waals surface area contributed by atoms with Crippen molar-refractivity contribution in [1.29, 1.82) is 0 Å². The molecule has 0 fully saturated rings. The zero-order chi connectivity index (χ0) is 10.4. The number of nitrogens with zero attached hydrogens (tertiary/aromatic N) is 1. The Balaban J connectivity index is 2.50. The SMILES string of the molecule is CCCC(O)Cc1ccc(CC)cn1. The molecule has 0 bridgehead atoms. The predicted molar refractivity (Wildman–Crippen MR) is 58.2 cm³/mol. The van der Waals surface area contributed by atoms with Crippen LogP contribution in [0.3, 0.4) is 0 Å². The van der Waals surface area contributed by atoms with Crippen LogP contribution in [-0.4, -0.2) is 16.2 Å². The van der Waals surface area contributed by atoms with Gasteiger partial charge >= 0.3 is 0 Å². The molecule has 0 saturated heterocycles. The van der Waals surface area contributed by atoms with E-state index in [0.717, 1.165) is 25.0 Å². The molecule has 0 aliphatic heterocycles. The first-order valence-electron chi connectivity index (χ1n) is 5.38. The average Bonchev–Trinajstić information content (AvgIpc) is 2.19. The third-order valence-electron chi connectivity index (χ3n) is 2.36. The van der Waals surface area contributed by atoms with E-state index in [2.05, 4.69) is 24.9 Å². The van der Waals surface area contributed by atoms with Crippen molar-refractivity contribution in [3.8, 4) is 0 Å². The fourth-order valence-corrected chi connectivity index (χ4v) is 1.46. The van der Waals surface area contributed by atoms with Crippen molar-refractivity contribution < 1.29 is 5.11 Å². The minimum atomic E-state index is -0.236. The molecule has 1 atom stereocenters. The van der Waals surface area contributed by atoms with Gasteiger partial charge in [-0.05, 0) is 24.5 Å². The standard InChI is InChI=1S/C12H19NO/c1-3-5-12(14)8-11-7-6-10(4-2)9-13-11/h6-7,9,12,14H,3-5,8H2,1-2H3. The quantitative estimate of drug-likeness (QED) is 0.778. The summed E-state index contributed by atoms with van der Waals surface area (Å²) in [6, 6.07) is 4.10. The molecule has 0 spiro atoms. The van der Waals surface area contributed by atoms with Gasteiger partial charge in [0.2, 0.25) is 0 Å². The van der Waals surface area contributed by atoms with Crippen LogP contribution in [0, 0.1) is 0 Å². The number of aliphatic hydroxyl groups is 1. The monoisotopic (exact) mass is 193 g/mol. The molecular weight excluding hydrogens is 174 g/mol. The lowest BCUT2D eigenvalue weighted by molar-refractivity contribution is 0.162. The van der Waals surface area contributed by atoms with Gasteiger partial charge in [0.15, 0.2) is 0 Å². The normalized spacial score (nSPS) is 12.8. The van der Waals surface area contributed by atoms with Gasteiger partial charge in [0.25, 0.3) is 0 Å². The molecule has 1 N–H and O–H groups in total. The Morgan fingerprint density at radius 3 is 2.64 bits per heavy atom. The van der Waals surface area contributed by atoms with Gasteiger partial charge in [-0.1, -0.05) is 26.3 Å². The number of aliphatic hydroxyl groups excluding tert-OH is 1. The molecule has 1 aromatic heterocycles. The van der Waals surface area contributed by atoms with Gasteiger partial charge in [0.05, 0.1) is 6.10 Å². The van der Waals surface area contributed by atoms with Crippen LogP contribution in [0.15, 0.2) is 18.3 Å². The molecule has 0 amide bonds. The molecule has 2 heteroatoms. The van der Waals surface area contributed by atoms with Crippen molar-refractivity contribution in [2.45, 2.75) is 45.6 Å². The number of aryl methyl sites for hydroxylation is 1. The van der Waals surface area contributed by atoms with Crippen LogP contribution >= 0.6 is 0 Å². The minimum Gasteiger partial charge on any atom is -0.393 e. The number of aromatic nitrogens is 1. The summed E-state index contributed by atoms with van der Waals surface area (Å²) in [4.78, 5) is 4.31. The Kier molecular flexibility index (Phi) is 4.60. The third kappa shape index (κ3) is 3.46. The Labute approximate surface area is 86.0 Å². The Morgan fingerprint density at radius 1 is 1.36 bits per heavy atom. The molecule has 14 heavy (non-hydrogen) atoms. The Bertz CT molecular complexity index is 256. The number of hydrogen-bond acceptors (Lipinski definition) is 2. The first-order valence-corrected chi connectivity index (χ1v) is 5.38. The van der Waals surface area contributed by atoms with Crippen molar-refractivity contribution in [1.82, 2.24) is 4.98 Å². The van der Waals surface area contributed by atoms with Gasteiger partial charge in [0.1, 0.15) is 0 Å². The lowest BCUT2D eigenvalue weighted by Crippen LogP contribution is -2.10. The molecular formula is C12H19NO. The zero-order valence-electron chi connectivity index (χ0n) is 9.03. The highest BCUT2D eigenvalue weighted by molar-refractivity contribution is 5.14. The highest BCUT2D eigenvalue weighted by Gasteiger charge is 2.04. The second-order valence-corrected chi connectivity index (χ2v) is 3.66. The molecule has 1 rings (SSSR count). The molecule has 1 heterocycles. The van der Waals surface area contributed by atoms with E-state index in [9.17, 15) is 5.11 Å². The Morgan fingerprint density at radius 2 is 2.14 bits per heavy atom. The smallest absolute Gasteiger partial charge is 0.0595 e. The lowest BCUT2D eigenvalue weighted by Gasteiger charge is -2.08. The summed E-state index contributed by atoms with van der Waals surface area (Å²) >= 11 is 0. The summed E-state index contributed by atoms with van der Waals surface area (Å²) in [5, 5.41) is 9.59. The van der Waals surface area contributed by atoms with Crippen molar-refractivity contribution in [2.75, 3.05) is 0 Å². The summed E-state index contributed by atoms with van der Waals surface area (Å²) in [5.41, 5.74) is 2.24. The second kappa shape index (κ2) is 5.76. The first kappa shape index (κ1) is 11.2. The maximum atomic E-state index is 9.59. The molecule has 0 radical (unpaired) electrons. The first-order chi connectivity index (χ1) is 6.76. The van der Waals surface area contributed by atoms with E-state index in [1.165, 1.54) is 5.56 Å². The van der Waals surface area contributed by atoms with Gasteiger partial charge in [0, 0.05) is 18.3 Å². The highest BCUT2D eigenvalue weighted by Crippen LogP contribution is 2.06. The van der Waals surface area contributed by atoms with Crippen LogP contribution in [-0.2, 0) is 12.8 Å². The summed E-state index contributed by atoms with van der Waals surface area (Å²) in [6.07, 6.45) is 5.24. The van der Waals surface area contributed by atoms with E-state index in [1.807, 2.05) is 12.3 Å². The molecule has 0 saturated carbocycles. The molecule has 2 nitrogen and oxygen atoms in total. The van der Waals surface area contributed by atoms with E-state index >= 15 is 0 Å². The molecule has 78 valence electrons. The van der Waals surface area contributed by atoms with E-state index in [4.69, 9.17) is 0 Å². The van der Waals surface area contributed by atoms with Gasteiger partial charge in [-0.3, -0.25) is 4.98 Å². The highest BCUT2D eigenvalue weighted by atomic mass is 16.3. The number of pyridine rings is 1. The van der Waals surface area contributed by atoms with E-state index < -0.39 is 0 Å². The fourth-order valence-electron chi connectivity index (χ4n) is 1.46. The summed E-state index contributed by atoms with van der Waals surface area (Å²) < 4.78 is 0. The van der Waals surface area contributed by atoms with Gasteiger partial charge in [-0.2, -0.15) is 0 Å². The maximum absolute atomic E-state index is 9.59. The van der Waals surface area contributed by atoms with Crippen LogP contribution in [0.2, 0.25) is 0 Å². The maximum Gasteiger partial charge on any atom is 0.0595 e. The van der Waals surface area contributed by atoms with E-state index in [1.54, 1.807) is 0 Å². The molecule has 1 aromatic rings. The largest absolute Gasteiger partial charge is 0.393 e. The number of rotatable bonds is 5. The van der Waals surface area contributed by atoms with Crippen LogP contribution in [0.4, 0.5) is 0 Å². The number of hydrogen-bond donors (Lipinski definition) is 1. The van der Waals surface area contributed by atoms with Crippen molar-refractivity contribution in [3.05, 3.63) is 29.6 Å². The summed E-state index contributed by atoms with van der Waals surface area (Å²) in [6.45, 7) is 4.19. The topological polar surface area (TPSA) is 33.1 Å². The van der Waals surface area contributed by atoms with Crippen LogP contribution in [0.1, 0.15) is 37.9 Å². The second-order valence-electron chi connectivity index (χ2n) is 3.66. The van der Waals surface area contributed by atoms with Crippen LogP contribution in [0.5, 0.6) is 0 Å². The fraction of sp³-hybridized carbons (Fsp3) is 0.583. The predicted octanol–water partition coefficient (Wildman–Crippen LogP) is 2.35. The van der Waals surface area contributed by atoms with Crippen molar-refractivity contribution in [3.63, 3.8) is 0 Å². The van der Waals surface area contributed by atoms with Gasteiger partial charge in [-0.25, -0.2) is 0 Å². The Hall–Kier alpha value is -0.890. The van der Waals surface area contributed by atoms with E-state index in [-0.39, 0.29) is 6.10 Å². The average molecular weight is 193 g/mol. The lowest BCUT2D eigenvalue weighted by atomic mass is 10.1. The van der Waals surface area contributed by atoms with Gasteiger partial charge in [-0.15, -0.1) is 0 Å². The van der Waals surface area contributed by atoms with Crippen molar-refractivity contribution in [2.24, 2.45) is 0 Å². The molecule has 0 aromatic carbocycles. The molecule has 0 aliphatic rings. The van der Waals surface area contributed by atoms with Crippen molar-refractivity contribution >= 4 is 0 Å². The summed E-state index contributed by atoms with van der Waals surface area (Å²) in [5.74, 6) is 0. The third-order valence-corrected chi connectivity index (χ3v) is 2.36. The van der Waals surface area contributed by atoms with Crippen LogP contribution in [0.25, 0.3) is 0 Å². The minimum absolute atomic E-state index is 0.236. The molecule has 1 unspecified atom stereocenters. The zero-order valence-corrected chi connectivity index (χ0v) is 9.03. The molecule has 0 aliphatic carbocycles. The van der Waals surface area contributed by atoms with E-state index in [0.29, 0.717) is 6.42 Å². The van der Waals surface area contributed by atoms with Crippen LogP contribution < -0.4 is 0 Å². The summed E-state index contributed by atoms with van der Waals surface area (Å²) in [7, 11) is 0.